The monoisotopic (exact) mass is 423 g/mol. The first-order valence-electron chi connectivity index (χ1n) is 9.83. The van der Waals surface area contributed by atoms with Crippen LogP contribution in [-0.4, -0.2) is 15.9 Å². The number of hydrogen-bond donors (Lipinski definition) is 2. The Morgan fingerprint density at radius 2 is 1.90 bits per heavy atom. The summed E-state index contributed by atoms with van der Waals surface area (Å²) in [5.74, 6) is -0.192. The molecule has 0 saturated carbocycles. The lowest BCUT2D eigenvalue weighted by Crippen LogP contribution is -2.13. The Morgan fingerprint density at radius 1 is 1.03 bits per heavy atom. The van der Waals surface area contributed by atoms with Gasteiger partial charge in [0.05, 0.1) is 5.56 Å². The lowest BCUT2D eigenvalue weighted by atomic mass is 9.95. The first-order chi connectivity index (χ1) is 14.9. The fourth-order valence-corrected chi connectivity index (χ4v) is 3.54. The van der Waals surface area contributed by atoms with Crippen molar-refractivity contribution in [2.45, 2.75) is 25.4 Å². The fourth-order valence-electron chi connectivity index (χ4n) is 3.54. The van der Waals surface area contributed by atoms with E-state index in [0.717, 1.165) is 22.5 Å². The van der Waals surface area contributed by atoms with E-state index in [9.17, 15) is 18.0 Å². The number of carbonyl (C=O) groups excluding carboxylic acids is 1. The molecule has 2 aromatic carbocycles. The fraction of sp³-hybridized carbons (Fsp3) is 0.167. The summed E-state index contributed by atoms with van der Waals surface area (Å²) >= 11 is 0. The number of amides is 1. The van der Waals surface area contributed by atoms with Gasteiger partial charge in [-0.1, -0.05) is 12.1 Å². The molecule has 1 amide bonds. The molecule has 158 valence electrons. The number of aryl methyl sites for hydroxylation is 1. The number of pyridine rings is 1. The number of aromatic nitrogens is 2. The Labute approximate surface area is 177 Å². The van der Waals surface area contributed by atoms with E-state index in [0.29, 0.717) is 29.7 Å². The summed E-state index contributed by atoms with van der Waals surface area (Å²) in [4.78, 5) is 19.6. The molecule has 4 nitrogen and oxygen atoms in total. The number of rotatable bonds is 6. The van der Waals surface area contributed by atoms with Crippen molar-refractivity contribution in [1.29, 1.82) is 0 Å². The van der Waals surface area contributed by atoms with Crippen molar-refractivity contribution in [2.24, 2.45) is 0 Å². The van der Waals surface area contributed by atoms with Crippen LogP contribution in [0.5, 0.6) is 0 Å². The summed E-state index contributed by atoms with van der Waals surface area (Å²) in [6.07, 6.45) is 1.47. The molecule has 0 saturated heterocycles. The number of hydrogen-bond acceptors (Lipinski definition) is 2. The van der Waals surface area contributed by atoms with Gasteiger partial charge in [-0.25, -0.2) is 0 Å². The number of aromatic amines is 1. The van der Waals surface area contributed by atoms with E-state index in [1.165, 1.54) is 12.1 Å². The van der Waals surface area contributed by atoms with Gasteiger partial charge in [0.15, 0.2) is 0 Å². The second-order valence-corrected chi connectivity index (χ2v) is 7.35. The largest absolute Gasteiger partial charge is 0.416 e. The first kappa shape index (κ1) is 20.7. The highest BCUT2D eigenvalue weighted by Gasteiger charge is 2.31. The Kier molecular flexibility index (Phi) is 5.75. The molecule has 31 heavy (non-hydrogen) atoms. The van der Waals surface area contributed by atoms with E-state index in [1.54, 1.807) is 18.5 Å². The lowest BCUT2D eigenvalue weighted by Gasteiger charge is -2.14. The number of carbonyl (C=O) groups is 1. The molecule has 0 aliphatic rings. The molecule has 2 N–H and O–H groups in total. The molecule has 4 rings (SSSR count). The number of nitrogens with zero attached hydrogens (tertiary/aromatic N) is 1. The van der Waals surface area contributed by atoms with Crippen LogP contribution in [0.4, 0.5) is 18.9 Å². The number of H-pyrrole nitrogens is 1. The van der Waals surface area contributed by atoms with E-state index >= 15 is 0 Å². The molecule has 0 bridgehead atoms. The molecule has 0 aliphatic carbocycles. The lowest BCUT2D eigenvalue weighted by molar-refractivity contribution is -0.137. The molecule has 0 radical (unpaired) electrons. The minimum Gasteiger partial charge on any atom is -0.361 e. The molecule has 0 fully saturated rings. The highest BCUT2D eigenvalue weighted by molar-refractivity contribution is 5.93. The topological polar surface area (TPSA) is 57.8 Å². The van der Waals surface area contributed by atoms with Crippen molar-refractivity contribution in [2.75, 3.05) is 5.32 Å². The zero-order valence-corrected chi connectivity index (χ0v) is 16.5. The van der Waals surface area contributed by atoms with Gasteiger partial charge < -0.3 is 10.3 Å². The predicted molar refractivity (Wildman–Crippen MR) is 114 cm³/mol. The molecular formula is C24H20F3N3O. The van der Waals surface area contributed by atoms with Crippen LogP contribution in [0.1, 0.15) is 28.7 Å². The van der Waals surface area contributed by atoms with Gasteiger partial charge in [-0.15, -0.1) is 0 Å². The van der Waals surface area contributed by atoms with Gasteiger partial charge in [0.25, 0.3) is 0 Å². The summed E-state index contributed by atoms with van der Waals surface area (Å²) < 4.78 is 39.6. The Balaban J connectivity index is 1.49. The van der Waals surface area contributed by atoms with Crippen molar-refractivity contribution in [3.8, 4) is 0 Å². The molecule has 4 aromatic rings. The first-order valence-corrected chi connectivity index (χ1v) is 9.83. The number of anilines is 1. The molecule has 2 aromatic heterocycles. The summed E-state index contributed by atoms with van der Waals surface area (Å²) in [6.45, 7) is 0. The zero-order valence-electron chi connectivity index (χ0n) is 16.5. The molecule has 2 heterocycles. The standard InChI is InChI=1S/C24H20F3N3O/c25-24(26,27)20-5-3-17(19(13-20)12-16-2-1-10-28-15-16)4-8-23(31)30-21-6-7-22-18(14-21)9-11-29-22/h1-3,5-7,9-11,13-15,29H,4,8,12H2,(H,30,31). The van der Waals surface area contributed by atoms with E-state index in [4.69, 9.17) is 0 Å². The number of nitrogens with one attached hydrogen (secondary N) is 2. The third kappa shape index (κ3) is 5.12. The normalized spacial score (nSPS) is 11.6. The SMILES string of the molecule is O=C(CCc1ccc(C(F)(F)F)cc1Cc1cccnc1)Nc1ccc2[nH]ccc2c1. The van der Waals surface area contributed by atoms with Crippen LogP contribution in [0.3, 0.4) is 0 Å². The van der Waals surface area contributed by atoms with Crippen LogP contribution < -0.4 is 5.32 Å². The predicted octanol–water partition coefficient (Wildman–Crippen LogP) is 5.74. The zero-order chi connectivity index (χ0) is 21.8. The van der Waals surface area contributed by atoms with Gasteiger partial charge in [-0.2, -0.15) is 13.2 Å². The third-order valence-electron chi connectivity index (χ3n) is 5.11. The molecule has 0 aliphatic heterocycles. The van der Waals surface area contributed by atoms with Gasteiger partial charge in [0, 0.05) is 41.6 Å². The smallest absolute Gasteiger partial charge is 0.361 e. The van der Waals surface area contributed by atoms with Crippen LogP contribution in [-0.2, 0) is 23.8 Å². The molecule has 0 spiro atoms. The number of benzene rings is 2. The maximum absolute atomic E-state index is 13.2. The van der Waals surface area contributed by atoms with Crippen molar-refractivity contribution >= 4 is 22.5 Å². The Morgan fingerprint density at radius 3 is 2.68 bits per heavy atom. The summed E-state index contributed by atoms with van der Waals surface area (Å²) in [5.41, 5.74) is 3.03. The van der Waals surface area contributed by atoms with Gasteiger partial charge in [-0.3, -0.25) is 9.78 Å². The maximum Gasteiger partial charge on any atom is 0.416 e. The van der Waals surface area contributed by atoms with Crippen molar-refractivity contribution in [3.05, 3.63) is 95.4 Å². The minimum absolute atomic E-state index is 0.163. The average Bonchev–Trinajstić information content (AvgIpc) is 3.21. The second-order valence-electron chi connectivity index (χ2n) is 7.35. The van der Waals surface area contributed by atoms with E-state index in [2.05, 4.69) is 15.3 Å². The summed E-state index contributed by atoms with van der Waals surface area (Å²) in [7, 11) is 0. The minimum atomic E-state index is -4.42. The van der Waals surface area contributed by atoms with Crippen LogP contribution in [0.2, 0.25) is 0 Å². The van der Waals surface area contributed by atoms with Crippen LogP contribution in [0, 0.1) is 0 Å². The van der Waals surface area contributed by atoms with Gasteiger partial charge in [0.1, 0.15) is 0 Å². The summed E-state index contributed by atoms with van der Waals surface area (Å²) in [5, 5.41) is 3.84. The Bertz CT molecular complexity index is 1200. The maximum atomic E-state index is 13.2. The van der Waals surface area contributed by atoms with E-state index < -0.39 is 11.7 Å². The third-order valence-corrected chi connectivity index (χ3v) is 5.11. The molecule has 0 atom stereocenters. The van der Waals surface area contributed by atoms with Crippen molar-refractivity contribution in [3.63, 3.8) is 0 Å². The quantitative estimate of drug-likeness (QED) is 0.415. The van der Waals surface area contributed by atoms with Crippen molar-refractivity contribution in [1.82, 2.24) is 9.97 Å². The molecule has 0 unspecified atom stereocenters. The van der Waals surface area contributed by atoms with Gasteiger partial charge in [-0.05, 0) is 72.0 Å². The van der Waals surface area contributed by atoms with Gasteiger partial charge in [0.2, 0.25) is 5.91 Å². The highest BCUT2D eigenvalue weighted by atomic mass is 19.4. The van der Waals surface area contributed by atoms with Gasteiger partial charge >= 0.3 is 6.18 Å². The van der Waals surface area contributed by atoms with Crippen molar-refractivity contribution < 1.29 is 18.0 Å². The summed E-state index contributed by atoms with van der Waals surface area (Å²) in [6, 6.07) is 14.7. The number of fused-ring (bicyclic) bond motifs is 1. The number of halogens is 3. The molecule has 7 heteroatoms. The average molecular weight is 423 g/mol. The van der Waals surface area contributed by atoms with E-state index in [-0.39, 0.29) is 12.3 Å². The highest BCUT2D eigenvalue weighted by Crippen LogP contribution is 2.31. The Hall–Kier alpha value is -3.61. The van der Waals surface area contributed by atoms with Crippen LogP contribution in [0.15, 0.2) is 73.2 Å². The molecular weight excluding hydrogens is 403 g/mol. The van der Waals surface area contributed by atoms with Crippen LogP contribution >= 0.6 is 0 Å². The number of alkyl halides is 3. The van der Waals surface area contributed by atoms with E-state index in [1.807, 2.05) is 36.5 Å². The van der Waals surface area contributed by atoms with Crippen LogP contribution in [0.25, 0.3) is 10.9 Å². The second kappa shape index (κ2) is 8.63.